The maximum absolute atomic E-state index is 5.44. The minimum Gasteiger partial charge on any atom is -0.454 e. The number of benzene rings is 1. The summed E-state index contributed by atoms with van der Waals surface area (Å²) in [4.78, 5) is 2.23. The molecule has 4 heteroatoms. The van der Waals surface area contributed by atoms with Gasteiger partial charge in [0.25, 0.3) is 0 Å². The molecule has 0 spiro atoms. The van der Waals surface area contributed by atoms with E-state index in [0.717, 1.165) is 24.6 Å². The van der Waals surface area contributed by atoms with Gasteiger partial charge in [0.1, 0.15) is 0 Å². The Hall–Kier alpha value is -1.42. The summed E-state index contributed by atoms with van der Waals surface area (Å²) >= 11 is 0. The summed E-state index contributed by atoms with van der Waals surface area (Å²) in [7, 11) is 4.23. The standard InChI is InChI=1S/C13H18N2O2/c1-15(2)4-3-9-7-14-11-6-13-12(5-10(9)11)16-8-17-13/h5-6,9,14H,3-4,7-8H2,1-2H3/t9-/m1/s1. The fraction of sp³-hybridized carbons (Fsp3) is 0.538. The second kappa shape index (κ2) is 4.11. The normalized spacial score (nSPS) is 20.5. The van der Waals surface area contributed by atoms with Crippen molar-refractivity contribution in [2.45, 2.75) is 12.3 Å². The van der Waals surface area contributed by atoms with Gasteiger partial charge in [-0.2, -0.15) is 0 Å². The van der Waals surface area contributed by atoms with Crippen LogP contribution in [0.2, 0.25) is 0 Å². The maximum Gasteiger partial charge on any atom is 0.231 e. The summed E-state index contributed by atoms with van der Waals surface area (Å²) < 4.78 is 10.8. The van der Waals surface area contributed by atoms with E-state index in [1.807, 2.05) is 0 Å². The van der Waals surface area contributed by atoms with Gasteiger partial charge in [-0.25, -0.2) is 0 Å². The Morgan fingerprint density at radius 1 is 1.29 bits per heavy atom. The summed E-state index contributed by atoms with van der Waals surface area (Å²) in [5.41, 5.74) is 2.58. The average molecular weight is 234 g/mol. The summed E-state index contributed by atoms with van der Waals surface area (Å²) in [6.45, 7) is 2.48. The number of hydrogen-bond donors (Lipinski definition) is 1. The average Bonchev–Trinajstić information content (AvgIpc) is 2.88. The second-order valence-corrected chi connectivity index (χ2v) is 4.96. The first-order chi connectivity index (χ1) is 8.24. The highest BCUT2D eigenvalue weighted by Gasteiger charge is 2.26. The number of anilines is 1. The summed E-state index contributed by atoms with van der Waals surface area (Å²) in [6, 6.07) is 4.20. The third kappa shape index (κ3) is 1.93. The van der Waals surface area contributed by atoms with Gasteiger partial charge >= 0.3 is 0 Å². The molecule has 0 bridgehead atoms. The minimum atomic E-state index is 0.348. The Kier molecular flexibility index (Phi) is 2.59. The molecule has 4 nitrogen and oxygen atoms in total. The van der Waals surface area contributed by atoms with E-state index in [2.05, 4.69) is 36.4 Å². The molecule has 0 saturated carbocycles. The molecule has 0 amide bonds. The van der Waals surface area contributed by atoms with Crippen LogP contribution >= 0.6 is 0 Å². The number of ether oxygens (including phenoxy) is 2. The number of nitrogens with zero attached hydrogens (tertiary/aromatic N) is 1. The summed E-state index contributed by atoms with van der Waals surface area (Å²) in [6.07, 6.45) is 1.17. The third-order valence-corrected chi connectivity index (χ3v) is 3.45. The van der Waals surface area contributed by atoms with Crippen molar-refractivity contribution in [3.05, 3.63) is 17.7 Å². The van der Waals surface area contributed by atoms with Crippen molar-refractivity contribution in [2.75, 3.05) is 39.3 Å². The number of fused-ring (bicyclic) bond motifs is 2. The van der Waals surface area contributed by atoms with E-state index in [1.165, 1.54) is 17.7 Å². The lowest BCUT2D eigenvalue weighted by Crippen LogP contribution is -2.16. The molecule has 92 valence electrons. The Bertz CT molecular complexity index is 432. The molecule has 0 unspecified atom stereocenters. The molecule has 2 aliphatic heterocycles. The van der Waals surface area contributed by atoms with Gasteiger partial charge < -0.3 is 19.7 Å². The Balaban J connectivity index is 1.82. The molecule has 2 heterocycles. The highest BCUT2D eigenvalue weighted by molar-refractivity contribution is 5.65. The fourth-order valence-corrected chi connectivity index (χ4v) is 2.46. The molecular formula is C13H18N2O2. The lowest BCUT2D eigenvalue weighted by molar-refractivity contribution is 0.174. The van der Waals surface area contributed by atoms with Gasteiger partial charge in [0.2, 0.25) is 6.79 Å². The van der Waals surface area contributed by atoms with Crippen molar-refractivity contribution >= 4 is 5.69 Å². The van der Waals surface area contributed by atoms with E-state index in [0.29, 0.717) is 12.7 Å². The van der Waals surface area contributed by atoms with Crippen LogP contribution in [-0.2, 0) is 0 Å². The van der Waals surface area contributed by atoms with Gasteiger partial charge in [-0.05, 0) is 38.7 Å². The zero-order valence-electron chi connectivity index (χ0n) is 10.3. The van der Waals surface area contributed by atoms with E-state index in [1.54, 1.807) is 0 Å². The molecule has 1 N–H and O–H groups in total. The van der Waals surface area contributed by atoms with E-state index in [4.69, 9.17) is 9.47 Å². The Labute approximate surface area is 102 Å². The molecule has 1 aromatic rings. The predicted octanol–water partition coefficient (Wildman–Crippen LogP) is 1.88. The van der Waals surface area contributed by atoms with E-state index < -0.39 is 0 Å². The molecule has 17 heavy (non-hydrogen) atoms. The quantitative estimate of drug-likeness (QED) is 0.865. The van der Waals surface area contributed by atoms with E-state index in [9.17, 15) is 0 Å². The topological polar surface area (TPSA) is 33.7 Å². The number of rotatable bonds is 3. The molecule has 0 radical (unpaired) electrons. The smallest absolute Gasteiger partial charge is 0.231 e. The number of hydrogen-bond acceptors (Lipinski definition) is 4. The van der Waals surface area contributed by atoms with Gasteiger partial charge in [0.15, 0.2) is 11.5 Å². The number of nitrogens with one attached hydrogen (secondary N) is 1. The molecule has 0 fully saturated rings. The molecule has 1 aromatic carbocycles. The summed E-state index contributed by atoms with van der Waals surface area (Å²) in [5.74, 6) is 2.34. The van der Waals surface area contributed by atoms with Crippen LogP contribution in [0.25, 0.3) is 0 Å². The molecule has 0 saturated heterocycles. The van der Waals surface area contributed by atoms with Crippen LogP contribution in [-0.4, -0.2) is 38.9 Å². The van der Waals surface area contributed by atoms with Gasteiger partial charge in [-0.15, -0.1) is 0 Å². The van der Waals surface area contributed by atoms with Crippen LogP contribution in [0.5, 0.6) is 11.5 Å². The first-order valence-corrected chi connectivity index (χ1v) is 6.06. The van der Waals surface area contributed by atoms with Crippen molar-refractivity contribution in [1.82, 2.24) is 4.90 Å². The van der Waals surface area contributed by atoms with Crippen molar-refractivity contribution in [3.63, 3.8) is 0 Å². The van der Waals surface area contributed by atoms with Crippen molar-refractivity contribution in [1.29, 1.82) is 0 Å². The molecule has 3 rings (SSSR count). The van der Waals surface area contributed by atoms with Crippen molar-refractivity contribution in [3.8, 4) is 11.5 Å². The molecular weight excluding hydrogens is 216 g/mol. The van der Waals surface area contributed by atoms with Crippen molar-refractivity contribution in [2.24, 2.45) is 0 Å². The first-order valence-electron chi connectivity index (χ1n) is 6.06. The van der Waals surface area contributed by atoms with Crippen molar-refractivity contribution < 1.29 is 9.47 Å². The maximum atomic E-state index is 5.44. The highest BCUT2D eigenvalue weighted by Crippen LogP contribution is 2.43. The van der Waals surface area contributed by atoms with Gasteiger partial charge in [-0.1, -0.05) is 0 Å². The zero-order chi connectivity index (χ0) is 11.8. The van der Waals surface area contributed by atoms with Crippen LogP contribution in [0.4, 0.5) is 5.69 Å². The van der Waals surface area contributed by atoms with Crippen LogP contribution in [0.3, 0.4) is 0 Å². The first kappa shape index (κ1) is 10.7. The SMILES string of the molecule is CN(C)CC[C@@H]1CNc2cc3c(cc21)OCO3. The lowest BCUT2D eigenvalue weighted by Gasteiger charge is -2.14. The monoisotopic (exact) mass is 234 g/mol. The predicted molar refractivity (Wildman–Crippen MR) is 67.0 cm³/mol. The van der Waals surface area contributed by atoms with Gasteiger partial charge in [-0.3, -0.25) is 0 Å². The van der Waals surface area contributed by atoms with Crippen LogP contribution in [0.15, 0.2) is 12.1 Å². The Morgan fingerprint density at radius 2 is 2.06 bits per heavy atom. The summed E-state index contributed by atoms with van der Waals surface area (Å²) in [5, 5.41) is 3.45. The van der Waals surface area contributed by atoms with E-state index in [-0.39, 0.29) is 0 Å². The minimum absolute atomic E-state index is 0.348. The van der Waals surface area contributed by atoms with Gasteiger partial charge in [0.05, 0.1) is 0 Å². The van der Waals surface area contributed by atoms with Crippen LogP contribution < -0.4 is 14.8 Å². The molecule has 2 aliphatic rings. The van der Waals surface area contributed by atoms with Crippen LogP contribution in [0, 0.1) is 0 Å². The third-order valence-electron chi connectivity index (χ3n) is 3.45. The Morgan fingerprint density at radius 3 is 2.82 bits per heavy atom. The molecule has 1 atom stereocenters. The highest BCUT2D eigenvalue weighted by atomic mass is 16.7. The largest absolute Gasteiger partial charge is 0.454 e. The van der Waals surface area contributed by atoms with E-state index >= 15 is 0 Å². The fourth-order valence-electron chi connectivity index (χ4n) is 2.46. The van der Waals surface area contributed by atoms with Gasteiger partial charge in [0, 0.05) is 24.2 Å². The zero-order valence-corrected chi connectivity index (χ0v) is 10.3. The molecule has 0 aromatic heterocycles. The second-order valence-electron chi connectivity index (χ2n) is 4.96. The lowest BCUT2D eigenvalue weighted by atomic mass is 9.97. The van der Waals surface area contributed by atoms with Crippen LogP contribution in [0.1, 0.15) is 17.9 Å². The molecule has 0 aliphatic carbocycles.